The molecular weight excluding hydrogens is 306 g/mol. The van der Waals surface area contributed by atoms with E-state index >= 15 is 0 Å². The van der Waals surface area contributed by atoms with Gasteiger partial charge in [-0.05, 0) is 5.56 Å². The largest absolute Gasteiger partial charge is 0.270 e. The van der Waals surface area contributed by atoms with E-state index in [-0.39, 0.29) is 5.69 Å². The van der Waals surface area contributed by atoms with Gasteiger partial charge in [0.25, 0.3) is 5.69 Å². The van der Waals surface area contributed by atoms with E-state index < -0.39 is 4.92 Å². The molecule has 0 aliphatic carbocycles. The highest BCUT2D eigenvalue weighted by molar-refractivity contribution is 5.81. The fraction of sp³-hybridized carbons (Fsp3) is 0. The second kappa shape index (κ2) is 7.10. The summed E-state index contributed by atoms with van der Waals surface area (Å²) in [6, 6.07) is 16.0. The molecule has 0 fully saturated rings. The van der Waals surface area contributed by atoms with Crippen molar-refractivity contribution in [3.63, 3.8) is 0 Å². The lowest BCUT2D eigenvalue weighted by molar-refractivity contribution is -0.384. The SMILES string of the molecule is O=[N+]([O-])c1cccc(C=NNc2ncc(-c3ccccc3)cn2)c1. The molecule has 2 aromatic carbocycles. The van der Waals surface area contributed by atoms with Gasteiger partial charge in [0.05, 0.1) is 11.1 Å². The summed E-state index contributed by atoms with van der Waals surface area (Å²) >= 11 is 0. The molecule has 0 atom stereocenters. The van der Waals surface area contributed by atoms with Gasteiger partial charge in [0, 0.05) is 35.7 Å². The van der Waals surface area contributed by atoms with Crippen LogP contribution in [-0.2, 0) is 0 Å². The second-order valence-electron chi connectivity index (χ2n) is 4.88. The molecule has 0 saturated heterocycles. The number of aromatic nitrogens is 2. The van der Waals surface area contributed by atoms with Crippen LogP contribution in [0.1, 0.15) is 5.56 Å². The van der Waals surface area contributed by atoms with Crippen molar-refractivity contribution in [1.82, 2.24) is 9.97 Å². The van der Waals surface area contributed by atoms with E-state index in [0.717, 1.165) is 11.1 Å². The Kier molecular flexibility index (Phi) is 4.52. The zero-order valence-electron chi connectivity index (χ0n) is 12.5. The molecule has 0 saturated carbocycles. The number of rotatable bonds is 5. The van der Waals surface area contributed by atoms with Crippen molar-refractivity contribution in [3.8, 4) is 11.1 Å². The van der Waals surface area contributed by atoms with Gasteiger partial charge in [-0.15, -0.1) is 0 Å². The monoisotopic (exact) mass is 319 g/mol. The molecule has 0 aliphatic heterocycles. The van der Waals surface area contributed by atoms with Gasteiger partial charge in [-0.1, -0.05) is 42.5 Å². The van der Waals surface area contributed by atoms with Crippen LogP contribution in [0.2, 0.25) is 0 Å². The van der Waals surface area contributed by atoms with Crippen LogP contribution in [-0.4, -0.2) is 21.1 Å². The first-order valence-corrected chi connectivity index (χ1v) is 7.13. The average Bonchev–Trinajstić information content (AvgIpc) is 2.63. The van der Waals surface area contributed by atoms with Crippen molar-refractivity contribution in [1.29, 1.82) is 0 Å². The van der Waals surface area contributed by atoms with Crippen LogP contribution in [0.5, 0.6) is 0 Å². The van der Waals surface area contributed by atoms with Crippen molar-refractivity contribution >= 4 is 17.9 Å². The standard InChI is InChI=1S/C17H13N5O2/c23-22(24)16-8-4-5-13(9-16)10-20-21-17-18-11-15(12-19-17)14-6-2-1-3-7-14/h1-12H,(H,18,19,21). The molecular formula is C17H13N5O2. The predicted molar refractivity (Wildman–Crippen MR) is 91.8 cm³/mol. The lowest BCUT2D eigenvalue weighted by Gasteiger charge is -2.02. The van der Waals surface area contributed by atoms with Crippen LogP contribution in [0.4, 0.5) is 11.6 Å². The molecule has 118 valence electrons. The summed E-state index contributed by atoms with van der Waals surface area (Å²) in [6.07, 6.45) is 4.88. The van der Waals surface area contributed by atoms with E-state index in [1.54, 1.807) is 24.5 Å². The zero-order valence-corrected chi connectivity index (χ0v) is 12.5. The number of nitrogens with zero attached hydrogens (tertiary/aromatic N) is 4. The molecule has 0 spiro atoms. The topological polar surface area (TPSA) is 93.3 Å². The van der Waals surface area contributed by atoms with Crippen LogP contribution < -0.4 is 5.43 Å². The highest BCUT2D eigenvalue weighted by atomic mass is 16.6. The first-order valence-electron chi connectivity index (χ1n) is 7.13. The van der Waals surface area contributed by atoms with Gasteiger partial charge in [0.1, 0.15) is 0 Å². The number of nitro benzene ring substituents is 1. The average molecular weight is 319 g/mol. The second-order valence-corrected chi connectivity index (χ2v) is 4.88. The Hall–Kier alpha value is -3.61. The first kappa shape index (κ1) is 15.3. The maximum absolute atomic E-state index is 10.7. The number of hydrazone groups is 1. The third kappa shape index (κ3) is 3.77. The summed E-state index contributed by atoms with van der Waals surface area (Å²) in [6.45, 7) is 0. The molecule has 0 unspecified atom stereocenters. The van der Waals surface area contributed by atoms with Crippen molar-refractivity contribution < 1.29 is 4.92 Å². The Morgan fingerprint density at radius 3 is 2.46 bits per heavy atom. The third-order valence-electron chi connectivity index (χ3n) is 3.22. The minimum atomic E-state index is -0.448. The van der Waals surface area contributed by atoms with Gasteiger partial charge >= 0.3 is 0 Å². The number of nitro groups is 1. The van der Waals surface area contributed by atoms with E-state index in [9.17, 15) is 10.1 Å². The van der Waals surface area contributed by atoms with Gasteiger partial charge in [0.15, 0.2) is 0 Å². The summed E-state index contributed by atoms with van der Waals surface area (Å²) in [5.74, 6) is 0.344. The summed E-state index contributed by atoms with van der Waals surface area (Å²) in [4.78, 5) is 18.7. The lowest BCUT2D eigenvalue weighted by atomic mass is 10.1. The number of hydrogen-bond acceptors (Lipinski definition) is 6. The van der Waals surface area contributed by atoms with Crippen molar-refractivity contribution in [3.05, 3.63) is 82.7 Å². The van der Waals surface area contributed by atoms with Gasteiger partial charge in [-0.3, -0.25) is 10.1 Å². The zero-order chi connectivity index (χ0) is 16.8. The van der Waals surface area contributed by atoms with E-state index in [4.69, 9.17) is 0 Å². The summed E-state index contributed by atoms with van der Waals surface area (Å²) in [5.41, 5.74) is 5.26. The van der Waals surface area contributed by atoms with E-state index in [0.29, 0.717) is 11.5 Å². The van der Waals surface area contributed by atoms with Crippen LogP contribution >= 0.6 is 0 Å². The Bertz CT molecular complexity index is 864. The Labute approximate surface area is 137 Å². The highest BCUT2D eigenvalue weighted by Gasteiger charge is 2.04. The molecule has 1 N–H and O–H groups in total. The smallest absolute Gasteiger partial charge is 0.258 e. The quantitative estimate of drug-likeness (QED) is 0.441. The van der Waals surface area contributed by atoms with Crippen LogP contribution in [0.25, 0.3) is 11.1 Å². The minimum Gasteiger partial charge on any atom is -0.258 e. The summed E-state index contributed by atoms with van der Waals surface area (Å²) in [5, 5.41) is 14.7. The van der Waals surface area contributed by atoms with Crippen molar-refractivity contribution in [2.75, 3.05) is 5.43 Å². The first-order chi connectivity index (χ1) is 11.7. The van der Waals surface area contributed by atoms with E-state index in [2.05, 4.69) is 20.5 Å². The van der Waals surface area contributed by atoms with Gasteiger partial charge < -0.3 is 0 Å². The van der Waals surface area contributed by atoms with Gasteiger partial charge in [0.2, 0.25) is 5.95 Å². The van der Waals surface area contributed by atoms with Crippen molar-refractivity contribution in [2.24, 2.45) is 5.10 Å². The molecule has 0 aliphatic rings. The molecule has 0 amide bonds. The fourth-order valence-electron chi connectivity index (χ4n) is 2.05. The minimum absolute atomic E-state index is 0.0161. The number of nitrogens with one attached hydrogen (secondary N) is 1. The molecule has 1 aromatic heterocycles. The maximum Gasteiger partial charge on any atom is 0.270 e. The fourth-order valence-corrected chi connectivity index (χ4v) is 2.05. The maximum atomic E-state index is 10.7. The van der Waals surface area contributed by atoms with Crippen molar-refractivity contribution in [2.45, 2.75) is 0 Å². The van der Waals surface area contributed by atoms with E-state index in [1.807, 2.05) is 30.3 Å². The Morgan fingerprint density at radius 1 is 1.00 bits per heavy atom. The van der Waals surface area contributed by atoms with Crippen LogP contribution in [0, 0.1) is 10.1 Å². The molecule has 3 rings (SSSR count). The molecule has 3 aromatic rings. The van der Waals surface area contributed by atoms with Gasteiger partial charge in [-0.2, -0.15) is 5.10 Å². The van der Waals surface area contributed by atoms with Crippen LogP contribution in [0.3, 0.4) is 0 Å². The molecule has 24 heavy (non-hydrogen) atoms. The molecule has 0 radical (unpaired) electrons. The third-order valence-corrected chi connectivity index (χ3v) is 3.22. The Morgan fingerprint density at radius 2 is 1.75 bits per heavy atom. The summed E-state index contributed by atoms with van der Waals surface area (Å²) in [7, 11) is 0. The predicted octanol–water partition coefficient (Wildman–Crippen LogP) is 3.50. The molecule has 0 bridgehead atoms. The van der Waals surface area contributed by atoms with Crippen LogP contribution in [0.15, 0.2) is 72.1 Å². The number of non-ortho nitro benzene ring substituents is 1. The lowest BCUT2D eigenvalue weighted by Crippen LogP contribution is -1.97. The molecule has 7 heteroatoms. The number of benzene rings is 2. The number of anilines is 1. The Balaban J connectivity index is 1.66. The summed E-state index contributed by atoms with van der Waals surface area (Å²) < 4.78 is 0. The van der Waals surface area contributed by atoms with Gasteiger partial charge in [-0.25, -0.2) is 15.4 Å². The number of hydrogen-bond donors (Lipinski definition) is 1. The molecule has 1 heterocycles. The normalized spacial score (nSPS) is 10.7. The molecule has 7 nitrogen and oxygen atoms in total. The highest BCUT2D eigenvalue weighted by Crippen LogP contribution is 2.17. The van der Waals surface area contributed by atoms with E-state index in [1.165, 1.54) is 18.3 Å².